The molecule has 0 bridgehead atoms. The zero-order valence-corrected chi connectivity index (χ0v) is 16.7. The van der Waals surface area contributed by atoms with E-state index in [1.54, 1.807) is 12.4 Å². The molecule has 0 spiro atoms. The lowest BCUT2D eigenvalue weighted by Crippen LogP contribution is -2.46. The van der Waals surface area contributed by atoms with Gasteiger partial charge in [-0.1, -0.05) is 13.8 Å². The number of amides is 1. The average Bonchev–Trinajstić information content (AvgIpc) is 2.92. The molecule has 146 valence electrons. The number of carbonyl (C=O) groups is 1. The van der Waals surface area contributed by atoms with E-state index in [2.05, 4.69) is 29.0 Å². The third kappa shape index (κ3) is 7.60. The first-order valence-corrected chi connectivity index (χ1v) is 9.50. The Bertz CT molecular complexity index is 557. The number of alkyl carbamates (subject to hydrolysis) is 1. The second-order valence-corrected chi connectivity index (χ2v) is 8.44. The monoisotopic (exact) mass is 363 g/mol. The van der Waals surface area contributed by atoms with E-state index in [4.69, 9.17) is 9.47 Å². The summed E-state index contributed by atoms with van der Waals surface area (Å²) in [5, 5.41) is 3.04. The van der Waals surface area contributed by atoms with E-state index in [1.165, 1.54) is 0 Å². The number of hydrogen-bond donors (Lipinski definition) is 1. The van der Waals surface area contributed by atoms with Crippen LogP contribution in [0.4, 0.5) is 4.79 Å². The molecule has 6 heteroatoms. The van der Waals surface area contributed by atoms with Crippen LogP contribution < -0.4 is 10.1 Å². The predicted octanol–water partition coefficient (Wildman–Crippen LogP) is 3.47. The van der Waals surface area contributed by atoms with Gasteiger partial charge in [0.15, 0.2) is 0 Å². The fraction of sp³-hybridized carbons (Fsp3) is 0.700. The van der Waals surface area contributed by atoms with Gasteiger partial charge in [0, 0.05) is 38.1 Å². The van der Waals surface area contributed by atoms with Gasteiger partial charge in [0.05, 0.1) is 0 Å². The van der Waals surface area contributed by atoms with Crippen molar-refractivity contribution < 1.29 is 14.3 Å². The van der Waals surface area contributed by atoms with Crippen LogP contribution in [0.2, 0.25) is 0 Å². The minimum Gasteiger partial charge on any atom is -0.489 e. The molecule has 0 saturated carbocycles. The minimum absolute atomic E-state index is 0.0736. The van der Waals surface area contributed by atoms with Gasteiger partial charge in [-0.3, -0.25) is 9.88 Å². The van der Waals surface area contributed by atoms with E-state index < -0.39 is 5.60 Å². The van der Waals surface area contributed by atoms with Crippen molar-refractivity contribution in [3.05, 3.63) is 24.5 Å². The normalized spacial score (nSPS) is 19.4. The maximum Gasteiger partial charge on any atom is 0.407 e. The molecule has 0 aromatic carbocycles. The lowest BCUT2D eigenvalue weighted by Gasteiger charge is -2.27. The summed E-state index contributed by atoms with van der Waals surface area (Å²) < 4.78 is 11.4. The lowest BCUT2D eigenvalue weighted by atomic mass is 10.0. The first-order chi connectivity index (χ1) is 12.2. The van der Waals surface area contributed by atoms with E-state index in [0.717, 1.165) is 38.2 Å². The fourth-order valence-corrected chi connectivity index (χ4v) is 3.20. The quantitative estimate of drug-likeness (QED) is 0.803. The highest BCUT2D eigenvalue weighted by Gasteiger charge is 2.28. The third-order valence-electron chi connectivity index (χ3n) is 4.14. The largest absolute Gasteiger partial charge is 0.489 e. The van der Waals surface area contributed by atoms with Crippen molar-refractivity contribution in [2.75, 3.05) is 19.6 Å². The summed E-state index contributed by atoms with van der Waals surface area (Å²) in [5.41, 5.74) is -0.483. The van der Waals surface area contributed by atoms with Crippen LogP contribution in [0.3, 0.4) is 0 Å². The van der Waals surface area contributed by atoms with E-state index in [-0.39, 0.29) is 18.2 Å². The Kier molecular flexibility index (Phi) is 7.26. The smallest absolute Gasteiger partial charge is 0.407 e. The molecule has 6 nitrogen and oxygen atoms in total. The van der Waals surface area contributed by atoms with Gasteiger partial charge in [-0.05, 0) is 51.7 Å². The molecule has 1 aromatic heterocycles. The predicted molar refractivity (Wildman–Crippen MR) is 102 cm³/mol. The Balaban J connectivity index is 1.85. The molecular weight excluding hydrogens is 330 g/mol. The summed E-state index contributed by atoms with van der Waals surface area (Å²) in [7, 11) is 0. The number of rotatable bonds is 7. The van der Waals surface area contributed by atoms with Gasteiger partial charge in [-0.25, -0.2) is 4.79 Å². The number of aromatic nitrogens is 1. The SMILES string of the molecule is CC(C)CC(CN1CCC(Oc2ccncc2)C1)NC(=O)OC(C)(C)C. The summed E-state index contributed by atoms with van der Waals surface area (Å²) in [6.45, 7) is 12.6. The summed E-state index contributed by atoms with van der Waals surface area (Å²) in [6.07, 6.45) is 5.23. The van der Waals surface area contributed by atoms with Crippen molar-refractivity contribution in [1.29, 1.82) is 0 Å². The molecular formula is C20H33N3O3. The van der Waals surface area contributed by atoms with E-state index in [9.17, 15) is 4.79 Å². The zero-order valence-electron chi connectivity index (χ0n) is 16.7. The molecule has 26 heavy (non-hydrogen) atoms. The van der Waals surface area contributed by atoms with Crippen molar-refractivity contribution in [3.63, 3.8) is 0 Å². The molecule has 1 aliphatic heterocycles. The van der Waals surface area contributed by atoms with Gasteiger partial charge in [-0.15, -0.1) is 0 Å². The molecule has 2 unspecified atom stereocenters. The summed E-state index contributed by atoms with van der Waals surface area (Å²) in [4.78, 5) is 18.5. The average molecular weight is 364 g/mol. The zero-order chi connectivity index (χ0) is 19.2. The Labute approximate surface area is 157 Å². The fourth-order valence-electron chi connectivity index (χ4n) is 3.20. The van der Waals surface area contributed by atoms with Crippen LogP contribution in [0.15, 0.2) is 24.5 Å². The third-order valence-corrected chi connectivity index (χ3v) is 4.14. The number of likely N-dealkylation sites (tertiary alicyclic amines) is 1. The van der Waals surface area contributed by atoms with E-state index >= 15 is 0 Å². The molecule has 1 saturated heterocycles. The summed E-state index contributed by atoms with van der Waals surface area (Å²) in [5.74, 6) is 1.36. The Morgan fingerprint density at radius 2 is 2.04 bits per heavy atom. The van der Waals surface area contributed by atoms with Crippen molar-refractivity contribution >= 4 is 6.09 Å². The van der Waals surface area contributed by atoms with Crippen LogP contribution >= 0.6 is 0 Å². The second-order valence-electron chi connectivity index (χ2n) is 8.44. The number of pyridine rings is 1. The highest BCUT2D eigenvalue weighted by molar-refractivity contribution is 5.68. The number of ether oxygens (including phenoxy) is 2. The van der Waals surface area contributed by atoms with Crippen LogP contribution in [0, 0.1) is 5.92 Å². The van der Waals surface area contributed by atoms with Crippen molar-refractivity contribution in [2.45, 2.75) is 65.2 Å². The number of hydrogen-bond acceptors (Lipinski definition) is 5. The summed E-state index contributed by atoms with van der Waals surface area (Å²) in [6, 6.07) is 3.84. The van der Waals surface area contributed by atoms with E-state index in [1.807, 2.05) is 32.9 Å². The molecule has 0 aliphatic carbocycles. The molecule has 2 heterocycles. The van der Waals surface area contributed by atoms with Gasteiger partial charge in [-0.2, -0.15) is 0 Å². The minimum atomic E-state index is -0.483. The molecule has 1 fully saturated rings. The number of nitrogens with one attached hydrogen (secondary N) is 1. The maximum absolute atomic E-state index is 12.1. The van der Waals surface area contributed by atoms with Crippen LogP contribution in [-0.2, 0) is 4.74 Å². The summed E-state index contributed by atoms with van der Waals surface area (Å²) >= 11 is 0. The molecule has 1 aromatic rings. The topological polar surface area (TPSA) is 63.7 Å². The molecule has 2 atom stereocenters. The first-order valence-electron chi connectivity index (χ1n) is 9.50. The highest BCUT2D eigenvalue weighted by atomic mass is 16.6. The van der Waals surface area contributed by atoms with Gasteiger partial charge < -0.3 is 14.8 Å². The molecule has 2 rings (SSSR count). The van der Waals surface area contributed by atoms with Gasteiger partial charge in [0.1, 0.15) is 17.5 Å². The molecule has 1 N–H and O–H groups in total. The van der Waals surface area contributed by atoms with Crippen LogP contribution in [0.25, 0.3) is 0 Å². The lowest BCUT2D eigenvalue weighted by molar-refractivity contribution is 0.0486. The van der Waals surface area contributed by atoms with Crippen LogP contribution in [0.5, 0.6) is 5.75 Å². The molecule has 1 aliphatic rings. The second kappa shape index (κ2) is 9.21. The Morgan fingerprint density at radius 1 is 1.35 bits per heavy atom. The van der Waals surface area contributed by atoms with Gasteiger partial charge >= 0.3 is 6.09 Å². The van der Waals surface area contributed by atoms with Crippen LogP contribution in [0.1, 0.15) is 47.5 Å². The van der Waals surface area contributed by atoms with Crippen molar-refractivity contribution in [1.82, 2.24) is 15.2 Å². The standard InChI is InChI=1S/C20H33N3O3/c1-15(2)12-16(22-19(24)26-20(3,4)5)13-23-11-8-18(14-23)25-17-6-9-21-10-7-17/h6-7,9-10,15-16,18H,8,11-14H2,1-5H3,(H,22,24). The van der Waals surface area contributed by atoms with Gasteiger partial charge in [0.2, 0.25) is 0 Å². The maximum atomic E-state index is 12.1. The highest BCUT2D eigenvalue weighted by Crippen LogP contribution is 2.19. The molecule has 1 amide bonds. The van der Waals surface area contributed by atoms with Crippen molar-refractivity contribution in [3.8, 4) is 5.75 Å². The molecule has 0 radical (unpaired) electrons. The van der Waals surface area contributed by atoms with Gasteiger partial charge in [0.25, 0.3) is 0 Å². The first kappa shape index (κ1) is 20.5. The van der Waals surface area contributed by atoms with Crippen LogP contribution in [-0.4, -0.2) is 53.4 Å². The van der Waals surface area contributed by atoms with Crippen molar-refractivity contribution in [2.24, 2.45) is 5.92 Å². The Morgan fingerprint density at radius 3 is 2.65 bits per heavy atom. The Hall–Kier alpha value is -1.82. The number of nitrogens with zero attached hydrogens (tertiary/aromatic N) is 2. The number of carbonyl (C=O) groups excluding carboxylic acids is 1. The van der Waals surface area contributed by atoms with E-state index in [0.29, 0.717) is 5.92 Å².